The third kappa shape index (κ3) is 7.94. The van der Waals surface area contributed by atoms with Crippen LogP contribution in [0.2, 0.25) is 0 Å². The second kappa shape index (κ2) is 10.9. The van der Waals surface area contributed by atoms with E-state index in [4.69, 9.17) is 10.2 Å². The van der Waals surface area contributed by atoms with E-state index < -0.39 is 11.9 Å². The molecule has 8 heteroatoms. The molecule has 2 rings (SSSR count). The summed E-state index contributed by atoms with van der Waals surface area (Å²) in [6.07, 6.45) is 0.713. The maximum absolute atomic E-state index is 11.1. The number of carbonyl (C=O) groups is 2. The van der Waals surface area contributed by atoms with Crippen molar-refractivity contribution in [1.82, 2.24) is 14.7 Å². The van der Waals surface area contributed by atoms with Crippen molar-refractivity contribution in [2.24, 2.45) is 0 Å². The van der Waals surface area contributed by atoms with Gasteiger partial charge in [-0.15, -0.1) is 0 Å². The number of hydrogen-bond acceptors (Lipinski definition) is 6. The van der Waals surface area contributed by atoms with Gasteiger partial charge in [-0.3, -0.25) is 19.4 Å². The zero-order valence-electron chi connectivity index (χ0n) is 15.6. The highest BCUT2D eigenvalue weighted by Crippen LogP contribution is 2.18. The van der Waals surface area contributed by atoms with Crippen LogP contribution >= 0.6 is 0 Å². The van der Waals surface area contributed by atoms with Crippen molar-refractivity contribution in [3.8, 4) is 5.75 Å². The van der Waals surface area contributed by atoms with E-state index in [-0.39, 0.29) is 18.7 Å². The largest absolute Gasteiger partial charge is 0.508 e. The SMILES string of the molecule is O=C(O)CCCN1CCN(CC(=O)O)CCN(Cc2ccccc2O)CC1. The molecule has 0 aliphatic carbocycles. The van der Waals surface area contributed by atoms with Gasteiger partial charge in [-0.2, -0.15) is 0 Å². The van der Waals surface area contributed by atoms with Gasteiger partial charge in [0.25, 0.3) is 0 Å². The average Bonchev–Trinajstić information content (AvgIpc) is 2.69. The lowest BCUT2D eigenvalue weighted by molar-refractivity contribution is -0.139. The molecule has 0 amide bonds. The topological polar surface area (TPSA) is 105 Å². The predicted octanol–water partition coefficient (Wildman–Crippen LogP) is 0.761. The number of benzene rings is 1. The summed E-state index contributed by atoms with van der Waals surface area (Å²) in [5, 5.41) is 28.0. The summed E-state index contributed by atoms with van der Waals surface area (Å²) in [6, 6.07) is 7.23. The summed E-state index contributed by atoms with van der Waals surface area (Å²) in [4.78, 5) is 28.2. The van der Waals surface area contributed by atoms with Gasteiger partial charge in [0.15, 0.2) is 0 Å². The van der Waals surface area contributed by atoms with Crippen molar-refractivity contribution in [2.75, 3.05) is 52.4 Å². The Labute approximate surface area is 159 Å². The van der Waals surface area contributed by atoms with Crippen molar-refractivity contribution in [3.63, 3.8) is 0 Å². The molecule has 0 spiro atoms. The lowest BCUT2D eigenvalue weighted by Crippen LogP contribution is -2.39. The molecule has 1 fully saturated rings. The van der Waals surface area contributed by atoms with E-state index in [1.807, 2.05) is 17.0 Å². The zero-order chi connectivity index (χ0) is 19.6. The van der Waals surface area contributed by atoms with Crippen LogP contribution in [0.4, 0.5) is 0 Å². The third-order valence-corrected chi connectivity index (χ3v) is 4.81. The Morgan fingerprint density at radius 1 is 0.852 bits per heavy atom. The smallest absolute Gasteiger partial charge is 0.317 e. The first-order valence-corrected chi connectivity index (χ1v) is 9.31. The molecule has 1 heterocycles. The maximum atomic E-state index is 11.1. The van der Waals surface area contributed by atoms with Crippen molar-refractivity contribution in [3.05, 3.63) is 29.8 Å². The van der Waals surface area contributed by atoms with Gasteiger partial charge < -0.3 is 20.2 Å². The lowest BCUT2D eigenvalue weighted by Gasteiger charge is -2.26. The summed E-state index contributed by atoms with van der Waals surface area (Å²) in [6.45, 7) is 5.55. The van der Waals surface area contributed by atoms with Gasteiger partial charge >= 0.3 is 11.9 Å². The number of nitrogens with zero attached hydrogens (tertiary/aromatic N) is 3. The van der Waals surface area contributed by atoms with Crippen molar-refractivity contribution in [1.29, 1.82) is 0 Å². The number of rotatable bonds is 8. The lowest BCUT2D eigenvalue weighted by atomic mass is 10.2. The van der Waals surface area contributed by atoms with Crippen LogP contribution in [0.25, 0.3) is 0 Å². The fraction of sp³-hybridized carbons (Fsp3) is 0.579. The number of aliphatic carboxylic acids is 2. The summed E-state index contributed by atoms with van der Waals surface area (Å²) in [5.41, 5.74) is 0.846. The number of phenolic OH excluding ortho intramolecular Hbond substituents is 1. The minimum atomic E-state index is -0.848. The fourth-order valence-corrected chi connectivity index (χ4v) is 3.25. The quantitative estimate of drug-likeness (QED) is 0.608. The fourth-order valence-electron chi connectivity index (χ4n) is 3.25. The molecule has 150 valence electrons. The van der Waals surface area contributed by atoms with E-state index in [1.54, 1.807) is 12.1 Å². The van der Waals surface area contributed by atoms with Crippen LogP contribution in [0.3, 0.4) is 0 Å². The molecule has 27 heavy (non-hydrogen) atoms. The minimum absolute atomic E-state index is 0.00655. The van der Waals surface area contributed by atoms with Crippen molar-refractivity contribution < 1.29 is 24.9 Å². The molecule has 1 saturated heterocycles. The number of para-hydroxylation sites is 1. The molecule has 3 N–H and O–H groups in total. The van der Waals surface area contributed by atoms with Crippen molar-refractivity contribution >= 4 is 11.9 Å². The third-order valence-electron chi connectivity index (χ3n) is 4.81. The molecular formula is C19H29N3O5. The number of hydrogen-bond donors (Lipinski definition) is 3. The normalized spacial score (nSPS) is 17.8. The van der Waals surface area contributed by atoms with E-state index in [0.29, 0.717) is 39.1 Å². The van der Waals surface area contributed by atoms with E-state index in [0.717, 1.165) is 25.2 Å². The Hall–Kier alpha value is -2.16. The van der Waals surface area contributed by atoms with Gasteiger partial charge in [-0.25, -0.2) is 0 Å². The van der Waals surface area contributed by atoms with Crippen LogP contribution in [0.15, 0.2) is 24.3 Å². The standard InChI is InChI=1S/C19H29N3O5/c23-17-5-2-1-4-16(17)14-21-10-8-20(7-3-6-18(24)25)9-11-22(13-12-21)15-19(26)27/h1-2,4-5,23H,3,6-15H2,(H,24,25)(H,26,27). The van der Waals surface area contributed by atoms with Gasteiger partial charge in [0, 0.05) is 57.8 Å². The van der Waals surface area contributed by atoms with Crippen LogP contribution in [0.1, 0.15) is 18.4 Å². The van der Waals surface area contributed by atoms with Crippen LogP contribution in [0, 0.1) is 0 Å². The average molecular weight is 379 g/mol. The van der Waals surface area contributed by atoms with E-state index >= 15 is 0 Å². The van der Waals surface area contributed by atoms with Gasteiger partial charge in [0.2, 0.25) is 0 Å². The van der Waals surface area contributed by atoms with Crippen LogP contribution in [0.5, 0.6) is 5.75 Å². The summed E-state index contributed by atoms with van der Waals surface area (Å²) >= 11 is 0. The molecule has 0 radical (unpaired) electrons. The monoisotopic (exact) mass is 379 g/mol. The molecule has 1 aromatic carbocycles. The highest BCUT2D eigenvalue weighted by molar-refractivity contribution is 5.69. The van der Waals surface area contributed by atoms with Gasteiger partial charge in [0.05, 0.1) is 6.54 Å². The molecule has 1 aliphatic rings. The number of phenols is 1. The molecular weight excluding hydrogens is 350 g/mol. The summed E-state index contributed by atoms with van der Waals surface area (Å²) < 4.78 is 0. The highest BCUT2D eigenvalue weighted by Gasteiger charge is 2.18. The summed E-state index contributed by atoms with van der Waals surface area (Å²) in [5.74, 6) is -1.38. The van der Waals surface area contributed by atoms with Crippen LogP contribution < -0.4 is 0 Å². The Balaban J connectivity index is 2.01. The van der Waals surface area contributed by atoms with Gasteiger partial charge in [-0.05, 0) is 19.0 Å². The van der Waals surface area contributed by atoms with Crippen LogP contribution in [-0.2, 0) is 16.1 Å². The Morgan fingerprint density at radius 3 is 2.04 bits per heavy atom. The zero-order valence-corrected chi connectivity index (χ0v) is 15.6. The predicted molar refractivity (Wildman–Crippen MR) is 101 cm³/mol. The van der Waals surface area contributed by atoms with E-state index in [1.165, 1.54) is 0 Å². The first-order valence-electron chi connectivity index (χ1n) is 9.31. The second-order valence-electron chi connectivity index (χ2n) is 6.91. The Morgan fingerprint density at radius 2 is 1.44 bits per heavy atom. The van der Waals surface area contributed by atoms with Crippen LogP contribution in [-0.4, -0.2) is 94.3 Å². The highest BCUT2D eigenvalue weighted by atomic mass is 16.4. The second-order valence-corrected chi connectivity index (χ2v) is 6.91. The number of carboxylic acids is 2. The maximum Gasteiger partial charge on any atom is 0.317 e. The number of aromatic hydroxyl groups is 1. The molecule has 8 nitrogen and oxygen atoms in total. The minimum Gasteiger partial charge on any atom is -0.508 e. The van der Waals surface area contributed by atoms with Gasteiger partial charge in [0.1, 0.15) is 5.75 Å². The van der Waals surface area contributed by atoms with E-state index in [2.05, 4.69) is 9.80 Å². The Kier molecular flexibility index (Phi) is 8.50. The molecule has 1 aromatic rings. The first kappa shape index (κ1) is 21.1. The Bertz CT molecular complexity index is 625. The molecule has 0 aromatic heterocycles. The summed E-state index contributed by atoms with van der Waals surface area (Å²) in [7, 11) is 0. The first-order chi connectivity index (χ1) is 12.9. The molecule has 0 unspecified atom stereocenters. The molecule has 0 atom stereocenters. The molecule has 0 saturated carbocycles. The number of carboxylic acid groups (broad SMARTS) is 2. The van der Waals surface area contributed by atoms with Crippen molar-refractivity contribution in [2.45, 2.75) is 19.4 Å². The molecule has 1 aliphatic heterocycles. The van der Waals surface area contributed by atoms with Gasteiger partial charge in [-0.1, -0.05) is 18.2 Å². The molecule has 0 bridgehead atoms. The van der Waals surface area contributed by atoms with E-state index in [9.17, 15) is 14.7 Å².